The molecule has 1 spiro atoms. The summed E-state index contributed by atoms with van der Waals surface area (Å²) in [6, 6.07) is 17.7. The van der Waals surface area contributed by atoms with Crippen LogP contribution in [0.15, 0.2) is 73.1 Å². The van der Waals surface area contributed by atoms with Crippen LogP contribution in [0.1, 0.15) is 66.4 Å². The van der Waals surface area contributed by atoms with Gasteiger partial charge >= 0.3 is 0 Å². The molecular formula is C36H44ClN5O5. The monoisotopic (exact) mass is 661 g/mol. The molecule has 0 radical (unpaired) electrons. The lowest BCUT2D eigenvalue weighted by atomic mass is 9.77. The van der Waals surface area contributed by atoms with Gasteiger partial charge in [0.1, 0.15) is 23.1 Å². The molecule has 3 aromatic rings. The number of hydrogen-bond donors (Lipinski definition) is 3. The Kier molecular flexibility index (Phi) is 11.2. The number of nitrogens with one attached hydrogen (secondary N) is 2. The molecule has 2 aliphatic heterocycles. The Hall–Kier alpha value is -3.99. The summed E-state index contributed by atoms with van der Waals surface area (Å²) in [4.78, 5) is 48.1. The highest BCUT2D eigenvalue weighted by Crippen LogP contribution is 2.37. The molecule has 0 bridgehead atoms. The van der Waals surface area contributed by atoms with Crippen molar-refractivity contribution in [2.45, 2.75) is 75.7 Å². The van der Waals surface area contributed by atoms with Crippen molar-refractivity contribution >= 4 is 30.1 Å². The standard InChI is InChI=1S/C36H43N5O5.ClH/c1-37-33(43)28-11-15-30(16-12-28)46-29-13-9-25(10-14-29)23-40-20-17-36(18-21-40)35(45)39-31(32(42)27-7-3-2-4-8-27)34(44)41(36)24-26-6-5-19-38-22-26;/h5-6,9-16,19,22,27,31-32,42H,2-4,7-8,17-18,20-21,23-24H2,1H3,(H,37,43)(H,39,45);1H/t31-,32-;/m1./s1. The molecular weight excluding hydrogens is 618 g/mol. The Morgan fingerprint density at radius 1 is 0.979 bits per heavy atom. The summed E-state index contributed by atoms with van der Waals surface area (Å²) in [5, 5.41) is 16.9. The number of carbonyl (C=O) groups is 3. The summed E-state index contributed by atoms with van der Waals surface area (Å²) in [5.41, 5.74) is 1.57. The third kappa shape index (κ3) is 7.61. The van der Waals surface area contributed by atoms with E-state index in [0.717, 1.165) is 43.2 Å². The minimum absolute atomic E-state index is 0. The fraction of sp³-hybridized carbons (Fsp3) is 0.444. The first-order valence-electron chi connectivity index (χ1n) is 16.4. The third-order valence-electron chi connectivity index (χ3n) is 9.89. The summed E-state index contributed by atoms with van der Waals surface area (Å²) < 4.78 is 5.96. The molecule has 1 aromatic heterocycles. The molecule has 47 heavy (non-hydrogen) atoms. The number of likely N-dealkylation sites (tertiary alicyclic amines) is 1. The van der Waals surface area contributed by atoms with Gasteiger partial charge in [0.15, 0.2) is 0 Å². The largest absolute Gasteiger partial charge is 0.457 e. The molecule has 2 aromatic carbocycles. The second kappa shape index (κ2) is 15.3. The van der Waals surface area contributed by atoms with Crippen molar-refractivity contribution in [2.75, 3.05) is 20.1 Å². The molecule has 2 saturated heterocycles. The number of ether oxygens (including phenoxy) is 1. The van der Waals surface area contributed by atoms with E-state index in [2.05, 4.69) is 20.5 Å². The number of rotatable bonds is 9. The van der Waals surface area contributed by atoms with Crippen LogP contribution >= 0.6 is 12.4 Å². The van der Waals surface area contributed by atoms with Gasteiger partial charge in [-0.15, -0.1) is 12.4 Å². The maximum Gasteiger partial charge on any atom is 0.251 e. The van der Waals surface area contributed by atoms with E-state index in [-0.39, 0.29) is 42.6 Å². The Morgan fingerprint density at radius 2 is 1.64 bits per heavy atom. The van der Waals surface area contributed by atoms with E-state index < -0.39 is 17.7 Å². The van der Waals surface area contributed by atoms with Crippen molar-refractivity contribution in [3.05, 3.63) is 89.7 Å². The zero-order valence-electron chi connectivity index (χ0n) is 26.8. The zero-order valence-corrected chi connectivity index (χ0v) is 27.6. The van der Waals surface area contributed by atoms with E-state index in [9.17, 15) is 19.5 Å². The lowest BCUT2D eigenvalue weighted by Gasteiger charge is -2.52. The Bertz CT molecular complexity index is 1510. The van der Waals surface area contributed by atoms with Crippen LogP contribution in [0.2, 0.25) is 0 Å². The maximum absolute atomic E-state index is 14.1. The second-order valence-electron chi connectivity index (χ2n) is 12.8. The number of pyridine rings is 1. The molecule has 6 rings (SSSR count). The Balaban J connectivity index is 0.00000433. The summed E-state index contributed by atoms with van der Waals surface area (Å²) in [6.07, 6.45) is 8.54. The molecule has 1 aliphatic carbocycles. The quantitative estimate of drug-likeness (QED) is 0.309. The molecule has 250 valence electrons. The van der Waals surface area contributed by atoms with Crippen molar-refractivity contribution in [3.63, 3.8) is 0 Å². The zero-order chi connectivity index (χ0) is 32.1. The SMILES string of the molecule is CNC(=O)c1ccc(Oc2ccc(CN3CCC4(CC3)C(=O)N[C@H]([C@H](O)C3CCCCC3)C(=O)N4Cc3cccnc3)cc2)cc1.Cl. The number of aromatic nitrogens is 1. The van der Waals surface area contributed by atoms with Crippen LogP contribution < -0.4 is 15.4 Å². The van der Waals surface area contributed by atoms with Crippen molar-refractivity contribution in [1.29, 1.82) is 0 Å². The van der Waals surface area contributed by atoms with Crippen LogP contribution in [0, 0.1) is 5.92 Å². The number of halogens is 1. The summed E-state index contributed by atoms with van der Waals surface area (Å²) in [6.45, 7) is 2.29. The van der Waals surface area contributed by atoms with E-state index in [1.807, 2.05) is 36.4 Å². The van der Waals surface area contributed by atoms with Crippen molar-refractivity contribution in [3.8, 4) is 11.5 Å². The van der Waals surface area contributed by atoms with Crippen LogP contribution in [-0.4, -0.2) is 75.4 Å². The number of carbonyl (C=O) groups excluding carboxylic acids is 3. The lowest BCUT2D eigenvalue weighted by molar-refractivity contribution is -0.167. The van der Waals surface area contributed by atoms with E-state index in [1.165, 1.54) is 0 Å². The smallest absolute Gasteiger partial charge is 0.251 e. The molecule has 2 atom stereocenters. The number of amides is 3. The predicted molar refractivity (Wildman–Crippen MR) is 180 cm³/mol. The van der Waals surface area contributed by atoms with Gasteiger partial charge in [0, 0.05) is 51.2 Å². The predicted octanol–water partition coefficient (Wildman–Crippen LogP) is 4.46. The van der Waals surface area contributed by atoms with Gasteiger partial charge in [0.2, 0.25) is 11.8 Å². The molecule has 3 aliphatic rings. The topological polar surface area (TPSA) is 124 Å². The summed E-state index contributed by atoms with van der Waals surface area (Å²) >= 11 is 0. The van der Waals surface area contributed by atoms with Gasteiger partial charge in [0.05, 0.1) is 6.10 Å². The van der Waals surface area contributed by atoms with Gasteiger partial charge in [-0.05, 0) is 85.2 Å². The molecule has 3 heterocycles. The van der Waals surface area contributed by atoms with Gasteiger partial charge in [-0.25, -0.2) is 0 Å². The van der Waals surface area contributed by atoms with E-state index in [1.54, 1.807) is 48.6 Å². The number of benzene rings is 2. The fourth-order valence-corrected chi connectivity index (χ4v) is 7.18. The molecule has 11 heteroatoms. The highest BCUT2D eigenvalue weighted by Gasteiger charge is 2.55. The van der Waals surface area contributed by atoms with Crippen LogP contribution in [0.4, 0.5) is 0 Å². The lowest BCUT2D eigenvalue weighted by Crippen LogP contribution is -2.74. The first-order chi connectivity index (χ1) is 22.4. The van der Waals surface area contributed by atoms with Gasteiger partial charge < -0.3 is 25.4 Å². The van der Waals surface area contributed by atoms with Gasteiger partial charge in [-0.1, -0.05) is 37.5 Å². The van der Waals surface area contributed by atoms with Crippen molar-refractivity contribution < 1.29 is 24.2 Å². The molecule has 0 unspecified atom stereocenters. The Labute approximate surface area is 282 Å². The van der Waals surface area contributed by atoms with Gasteiger partial charge in [-0.3, -0.25) is 24.3 Å². The normalized spacial score (nSPS) is 20.6. The van der Waals surface area contributed by atoms with Crippen LogP contribution in [0.3, 0.4) is 0 Å². The molecule has 3 N–H and O–H groups in total. The van der Waals surface area contributed by atoms with Crippen LogP contribution in [0.25, 0.3) is 0 Å². The number of aliphatic hydroxyl groups is 1. The molecule has 3 amide bonds. The summed E-state index contributed by atoms with van der Waals surface area (Å²) in [7, 11) is 1.60. The highest BCUT2D eigenvalue weighted by molar-refractivity contribution is 6.00. The van der Waals surface area contributed by atoms with E-state index in [4.69, 9.17) is 4.74 Å². The number of piperazine rings is 1. The first-order valence-corrected chi connectivity index (χ1v) is 16.4. The highest BCUT2D eigenvalue weighted by atomic mass is 35.5. The van der Waals surface area contributed by atoms with Crippen LogP contribution in [0.5, 0.6) is 11.5 Å². The second-order valence-corrected chi connectivity index (χ2v) is 12.8. The first kappa shape index (κ1) is 34.3. The molecule has 3 fully saturated rings. The number of nitrogens with zero attached hydrogens (tertiary/aromatic N) is 3. The minimum atomic E-state index is -0.975. The molecule has 1 saturated carbocycles. The third-order valence-corrected chi connectivity index (χ3v) is 9.89. The van der Waals surface area contributed by atoms with Gasteiger partial charge in [0.25, 0.3) is 5.91 Å². The number of piperidine rings is 1. The van der Waals surface area contributed by atoms with Crippen molar-refractivity contribution in [2.24, 2.45) is 5.92 Å². The summed E-state index contributed by atoms with van der Waals surface area (Å²) in [5.74, 6) is 0.850. The van der Waals surface area contributed by atoms with Crippen molar-refractivity contribution in [1.82, 2.24) is 25.4 Å². The number of aliphatic hydroxyl groups excluding tert-OH is 1. The molecule has 10 nitrogen and oxygen atoms in total. The average molecular weight is 662 g/mol. The maximum atomic E-state index is 14.1. The minimum Gasteiger partial charge on any atom is -0.457 e. The average Bonchev–Trinajstić information content (AvgIpc) is 3.10. The van der Waals surface area contributed by atoms with Gasteiger partial charge in [-0.2, -0.15) is 0 Å². The Morgan fingerprint density at radius 3 is 2.26 bits per heavy atom. The number of hydrogen-bond acceptors (Lipinski definition) is 7. The fourth-order valence-electron chi connectivity index (χ4n) is 7.18. The van der Waals surface area contributed by atoms with E-state index >= 15 is 0 Å². The van der Waals surface area contributed by atoms with Crippen LogP contribution in [-0.2, 0) is 22.7 Å². The van der Waals surface area contributed by atoms with E-state index in [0.29, 0.717) is 49.5 Å².